The maximum Gasteiger partial charge on any atom is 0.248 e. The van der Waals surface area contributed by atoms with E-state index >= 15 is 0 Å². The Labute approximate surface area is 143 Å². The number of carbonyl (C=O) groups excluding carboxylic acids is 1. The average Bonchev–Trinajstić information content (AvgIpc) is 2.89. The molecular formula is C15H23IN4O. The zero-order valence-electron chi connectivity index (χ0n) is 12.3. The molecule has 3 N–H and O–H groups in total. The number of hydrogen-bond acceptors (Lipinski definition) is 2. The second kappa shape index (κ2) is 8.86. The minimum atomic E-state index is -0.00445. The minimum absolute atomic E-state index is 0. The molecular weight excluding hydrogens is 379 g/mol. The fourth-order valence-corrected chi connectivity index (χ4v) is 2.28. The van der Waals surface area contributed by atoms with Gasteiger partial charge in [0.05, 0.1) is 0 Å². The third-order valence-electron chi connectivity index (χ3n) is 3.41. The molecule has 0 saturated carbocycles. The van der Waals surface area contributed by atoms with Crippen molar-refractivity contribution < 1.29 is 4.79 Å². The molecule has 21 heavy (non-hydrogen) atoms. The number of anilines is 1. The van der Waals surface area contributed by atoms with E-state index in [1.165, 1.54) is 5.56 Å². The van der Waals surface area contributed by atoms with E-state index in [4.69, 9.17) is 5.73 Å². The summed E-state index contributed by atoms with van der Waals surface area (Å²) in [6, 6.07) is 7.99. The Hall–Kier alpha value is -1.31. The van der Waals surface area contributed by atoms with Crippen molar-refractivity contribution in [3.05, 3.63) is 29.8 Å². The first-order valence-electron chi connectivity index (χ1n) is 7.14. The molecule has 0 unspecified atom stereocenters. The fraction of sp³-hybridized carbons (Fsp3) is 0.467. The van der Waals surface area contributed by atoms with Gasteiger partial charge in [-0.15, -0.1) is 24.0 Å². The van der Waals surface area contributed by atoms with Crippen LogP contribution in [0.15, 0.2) is 29.3 Å². The SMILES string of the molecule is CCCCNC(N)=NCC(=O)N1CCc2ccccc21.I. The largest absolute Gasteiger partial charge is 0.370 e. The van der Waals surface area contributed by atoms with Gasteiger partial charge in [-0.3, -0.25) is 4.79 Å². The molecule has 1 aliphatic rings. The van der Waals surface area contributed by atoms with Crippen molar-refractivity contribution >= 4 is 41.5 Å². The van der Waals surface area contributed by atoms with Gasteiger partial charge in [0.25, 0.3) is 0 Å². The van der Waals surface area contributed by atoms with E-state index in [1.807, 2.05) is 18.2 Å². The van der Waals surface area contributed by atoms with E-state index in [2.05, 4.69) is 23.3 Å². The van der Waals surface area contributed by atoms with Crippen molar-refractivity contribution in [2.45, 2.75) is 26.2 Å². The first-order chi connectivity index (χ1) is 9.72. The van der Waals surface area contributed by atoms with E-state index < -0.39 is 0 Å². The number of rotatable bonds is 5. The predicted molar refractivity (Wildman–Crippen MR) is 97.3 cm³/mol. The Balaban J connectivity index is 0.00000220. The molecule has 0 radical (unpaired) electrons. The molecule has 1 heterocycles. The normalized spacial score (nSPS) is 13.6. The Kier molecular flexibility index (Phi) is 7.49. The molecule has 1 aromatic rings. The molecule has 1 amide bonds. The molecule has 116 valence electrons. The zero-order chi connectivity index (χ0) is 14.4. The molecule has 1 aliphatic heterocycles. The van der Waals surface area contributed by atoms with Crippen molar-refractivity contribution in [1.29, 1.82) is 0 Å². The Morgan fingerprint density at radius 2 is 2.19 bits per heavy atom. The van der Waals surface area contributed by atoms with Crippen molar-refractivity contribution in [2.24, 2.45) is 10.7 Å². The number of carbonyl (C=O) groups is 1. The van der Waals surface area contributed by atoms with Crippen LogP contribution in [0, 0.1) is 0 Å². The molecule has 0 saturated heterocycles. The second-order valence-corrected chi connectivity index (χ2v) is 4.91. The van der Waals surface area contributed by atoms with Gasteiger partial charge in [0.2, 0.25) is 5.91 Å². The Bertz CT molecular complexity index is 504. The highest BCUT2D eigenvalue weighted by molar-refractivity contribution is 14.0. The lowest BCUT2D eigenvalue weighted by molar-refractivity contribution is -0.117. The summed E-state index contributed by atoms with van der Waals surface area (Å²) in [5, 5.41) is 3.01. The van der Waals surface area contributed by atoms with Gasteiger partial charge < -0.3 is 16.0 Å². The third kappa shape index (κ3) is 4.87. The van der Waals surface area contributed by atoms with E-state index in [1.54, 1.807) is 4.90 Å². The molecule has 0 bridgehead atoms. The summed E-state index contributed by atoms with van der Waals surface area (Å²) in [5.74, 6) is 0.342. The van der Waals surface area contributed by atoms with Crippen LogP contribution in [0.5, 0.6) is 0 Å². The van der Waals surface area contributed by atoms with Crippen LogP contribution in [0.1, 0.15) is 25.3 Å². The van der Waals surface area contributed by atoms with Crippen molar-refractivity contribution in [3.63, 3.8) is 0 Å². The second-order valence-electron chi connectivity index (χ2n) is 4.91. The van der Waals surface area contributed by atoms with Crippen LogP contribution in [-0.2, 0) is 11.2 Å². The summed E-state index contributed by atoms with van der Waals surface area (Å²) < 4.78 is 0. The zero-order valence-corrected chi connectivity index (χ0v) is 14.7. The number of nitrogens with zero attached hydrogens (tertiary/aromatic N) is 2. The molecule has 0 aliphatic carbocycles. The monoisotopic (exact) mass is 402 g/mol. The number of halogens is 1. The maximum atomic E-state index is 12.2. The summed E-state index contributed by atoms with van der Waals surface area (Å²) in [6.45, 7) is 3.74. The van der Waals surface area contributed by atoms with Crippen LogP contribution in [-0.4, -0.2) is 31.5 Å². The van der Waals surface area contributed by atoms with Gasteiger partial charge >= 0.3 is 0 Å². The number of fused-ring (bicyclic) bond motifs is 1. The summed E-state index contributed by atoms with van der Waals surface area (Å²) in [7, 11) is 0. The topological polar surface area (TPSA) is 70.7 Å². The quantitative estimate of drug-likeness (QED) is 0.342. The standard InChI is InChI=1S/C15H22N4O.HI/c1-2-3-9-17-15(16)18-11-14(20)19-10-8-12-6-4-5-7-13(12)19;/h4-7H,2-3,8-11H2,1H3,(H3,16,17,18);1H. The van der Waals surface area contributed by atoms with Gasteiger partial charge in [-0.2, -0.15) is 0 Å². The number of nitrogens with one attached hydrogen (secondary N) is 1. The van der Waals surface area contributed by atoms with E-state index in [-0.39, 0.29) is 36.4 Å². The maximum absolute atomic E-state index is 12.2. The van der Waals surface area contributed by atoms with E-state index in [0.29, 0.717) is 5.96 Å². The van der Waals surface area contributed by atoms with Gasteiger partial charge in [-0.1, -0.05) is 31.5 Å². The van der Waals surface area contributed by atoms with Crippen LogP contribution in [0.4, 0.5) is 5.69 Å². The third-order valence-corrected chi connectivity index (χ3v) is 3.41. The number of unbranched alkanes of at least 4 members (excludes halogenated alkanes) is 1. The van der Waals surface area contributed by atoms with Crippen LogP contribution >= 0.6 is 24.0 Å². The van der Waals surface area contributed by atoms with Gasteiger partial charge in [-0.25, -0.2) is 4.99 Å². The van der Waals surface area contributed by atoms with Crippen molar-refractivity contribution in [1.82, 2.24) is 5.32 Å². The van der Waals surface area contributed by atoms with E-state index in [9.17, 15) is 4.79 Å². The highest BCUT2D eigenvalue weighted by Gasteiger charge is 2.23. The number of aliphatic imine (C=N–C) groups is 1. The van der Waals surface area contributed by atoms with Crippen LogP contribution in [0.3, 0.4) is 0 Å². The van der Waals surface area contributed by atoms with Crippen LogP contribution in [0.25, 0.3) is 0 Å². The molecule has 6 heteroatoms. The van der Waals surface area contributed by atoms with Gasteiger partial charge in [0.15, 0.2) is 5.96 Å². The molecule has 0 aromatic heterocycles. The lowest BCUT2D eigenvalue weighted by Gasteiger charge is -2.16. The molecule has 0 spiro atoms. The van der Waals surface area contributed by atoms with Crippen LogP contribution < -0.4 is 16.0 Å². The average molecular weight is 402 g/mol. The first kappa shape index (κ1) is 17.7. The summed E-state index contributed by atoms with van der Waals surface area (Å²) in [4.78, 5) is 18.1. The number of para-hydroxylation sites is 1. The van der Waals surface area contributed by atoms with Gasteiger partial charge in [0.1, 0.15) is 6.54 Å². The fourth-order valence-electron chi connectivity index (χ4n) is 2.28. The number of nitrogens with two attached hydrogens (primary N) is 1. The predicted octanol–water partition coefficient (Wildman–Crippen LogP) is 1.90. The highest BCUT2D eigenvalue weighted by atomic mass is 127. The number of benzene rings is 1. The van der Waals surface area contributed by atoms with Gasteiger partial charge in [-0.05, 0) is 24.5 Å². The minimum Gasteiger partial charge on any atom is -0.370 e. The molecule has 0 fully saturated rings. The van der Waals surface area contributed by atoms with Gasteiger partial charge in [0, 0.05) is 18.8 Å². The molecule has 5 nitrogen and oxygen atoms in total. The summed E-state index contributed by atoms with van der Waals surface area (Å²) in [6.07, 6.45) is 3.06. The lowest BCUT2D eigenvalue weighted by atomic mass is 10.2. The molecule has 0 atom stereocenters. The Morgan fingerprint density at radius 3 is 2.95 bits per heavy atom. The number of guanidine groups is 1. The first-order valence-corrected chi connectivity index (χ1v) is 7.14. The number of hydrogen-bond donors (Lipinski definition) is 2. The smallest absolute Gasteiger partial charge is 0.248 e. The highest BCUT2D eigenvalue weighted by Crippen LogP contribution is 2.27. The Morgan fingerprint density at radius 1 is 1.43 bits per heavy atom. The lowest BCUT2D eigenvalue weighted by Crippen LogP contribution is -2.35. The summed E-state index contributed by atoms with van der Waals surface area (Å²) in [5.41, 5.74) is 7.95. The summed E-state index contributed by atoms with van der Waals surface area (Å²) >= 11 is 0. The van der Waals surface area contributed by atoms with Crippen molar-refractivity contribution in [2.75, 3.05) is 24.5 Å². The van der Waals surface area contributed by atoms with Crippen molar-refractivity contribution in [3.8, 4) is 0 Å². The van der Waals surface area contributed by atoms with E-state index in [0.717, 1.165) is 38.0 Å². The molecule has 1 aromatic carbocycles. The molecule has 2 rings (SSSR count). The number of amides is 1. The van der Waals surface area contributed by atoms with Crippen LogP contribution in [0.2, 0.25) is 0 Å².